The Morgan fingerprint density at radius 1 is 1.27 bits per heavy atom. The van der Waals surface area contributed by atoms with E-state index in [0.29, 0.717) is 6.04 Å². The Balaban J connectivity index is 2.00. The highest BCUT2D eigenvalue weighted by atomic mass is 15.2. The highest BCUT2D eigenvalue weighted by molar-refractivity contribution is 6.00. The summed E-state index contributed by atoms with van der Waals surface area (Å²) in [5.74, 6) is -1.37. The average molecular weight is 343 g/mol. The van der Waals surface area contributed by atoms with Gasteiger partial charge in [-0.1, -0.05) is 6.07 Å². The zero-order valence-corrected chi connectivity index (χ0v) is 14.5. The van der Waals surface area contributed by atoms with Crippen LogP contribution in [0.15, 0.2) is 36.2 Å². The number of rotatable bonds is 1. The molecule has 4 rings (SSSR count). The molecule has 2 unspecified atom stereocenters. The quantitative estimate of drug-likeness (QED) is 0.740. The zero-order valence-electron chi connectivity index (χ0n) is 14.5. The van der Waals surface area contributed by atoms with E-state index in [1.165, 1.54) is 4.90 Å². The van der Waals surface area contributed by atoms with Crippen molar-refractivity contribution in [3.05, 3.63) is 41.7 Å². The zero-order chi connectivity index (χ0) is 18.5. The molecule has 6 heteroatoms. The van der Waals surface area contributed by atoms with Crippen molar-refractivity contribution in [3.8, 4) is 18.2 Å². The standard InChI is InChI=1S/C20H18N6/c1-26-13-4-5-16(26)17-14(7-13)15(8-21)19(24)20(10-22,11-23)18(17)12-3-2-6-25-9-12/h2-3,6-7,9,13,15-18,24H,4-5H2,1H3/p+1/t13-,15?,16+,17-,18-/m0/s1. The number of nitrogens with zero attached hydrogens (tertiary/aromatic N) is 4. The molecule has 0 radical (unpaired) electrons. The van der Waals surface area contributed by atoms with Gasteiger partial charge in [-0.2, -0.15) is 15.8 Å². The van der Waals surface area contributed by atoms with Crippen molar-refractivity contribution in [2.45, 2.75) is 30.8 Å². The van der Waals surface area contributed by atoms with Crippen LogP contribution in [0.3, 0.4) is 0 Å². The lowest BCUT2D eigenvalue weighted by Crippen LogP contribution is -3.15. The monoisotopic (exact) mass is 343 g/mol. The van der Waals surface area contributed by atoms with Gasteiger partial charge in [0.1, 0.15) is 12.0 Å². The summed E-state index contributed by atoms with van der Waals surface area (Å²) in [4.78, 5) is 5.57. The molecule has 2 bridgehead atoms. The van der Waals surface area contributed by atoms with Crippen LogP contribution in [-0.2, 0) is 0 Å². The van der Waals surface area contributed by atoms with E-state index in [4.69, 9.17) is 5.41 Å². The summed E-state index contributed by atoms with van der Waals surface area (Å²) in [5, 5.41) is 38.4. The third-order valence-corrected chi connectivity index (χ3v) is 6.57. The minimum absolute atomic E-state index is 0.0830. The fourth-order valence-corrected chi connectivity index (χ4v) is 5.33. The molecule has 2 aliphatic heterocycles. The molecule has 1 aliphatic carbocycles. The predicted octanol–water partition coefficient (Wildman–Crippen LogP) is 0.974. The molecule has 6 atom stereocenters. The SMILES string of the molecule is C[NH+]1[C@@H]2C=C3C(C#N)C(=N)C(C#N)(C#N)[C@@H](c4cccnc4)[C@@H]3[C@H]1CC2. The van der Waals surface area contributed by atoms with Crippen LogP contribution < -0.4 is 4.90 Å². The molecule has 3 heterocycles. The summed E-state index contributed by atoms with van der Waals surface area (Å²) < 4.78 is 0. The van der Waals surface area contributed by atoms with Crippen molar-refractivity contribution < 1.29 is 4.90 Å². The topological polar surface area (TPSA) is 113 Å². The van der Waals surface area contributed by atoms with Crippen molar-refractivity contribution in [1.29, 1.82) is 21.2 Å². The number of fused-ring (bicyclic) bond motifs is 4. The molecule has 1 aromatic heterocycles. The summed E-state index contributed by atoms with van der Waals surface area (Å²) in [5.41, 5.74) is 0.0119. The van der Waals surface area contributed by atoms with Gasteiger partial charge in [0.2, 0.25) is 0 Å². The van der Waals surface area contributed by atoms with Crippen LogP contribution in [0.2, 0.25) is 0 Å². The molecule has 0 spiro atoms. The lowest BCUT2D eigenvalue weighted by atomic mass is 9.53. The maximum Gasteiger partial charge on any atom is 0.190 e. The molecule has 26 heavy (non-hydrogen) atoms. The van der Waals surface area contributed by atoms with Crippen molar-refractivity contribution in [3.63, 3.8) is 0 Å². The molecule has 128 valence electrons. The molecular weight excluding hydrogens is 324 g/mol. The van der Waals surface area contributed by atoms with Crippen molar-refractivity contribution in [2.75, 3.05) is 7.05 Å². The van der Waals surface area contributed by atoms with E-state index >= 15 is 0 Å². The van der Waals surface area contributed by atoms with Gasteiger partial charge in [-0.05, 0) is 23.3 Å². The summed E-state index contributed by atoms with van der Waals surface area (Å²) in [6, 6.07) is 10.8. The fourth-order valence-electron chi connectivity index (χ4n) is 5.33. The first-order valence-corrected chi connectivity index (χ1v) is 8.85. The van der Waals surface area contributed by atoms with E-state index in [0.717, 1.165) is 24.0 Å². The molecule has 1 saturated heterocycles. The van der Waals surface area contributed by atoms with E-state index < -0.39 is 17.3 Å². The lowest BCUT2D eigenvalue weighted by Gasteiger charge is -2.48. The Kier molecular flexibility index (Phi) is 3.65. The van der Waals surface area contributed by atoms with Crippen molar-refractivity contribution in [1.82, 2.24) is 4.98 Å². The molecule has 0 aromatic carbocycles. The van der Waals surface area contributed by atoms with Crippen molar-refractivity contribution in [2.24, 2.45) is 17.3 Å². The smallest absolute Gasteiger partial charge is 0.190 e. The first-order chi connectivity index (χ1) is 12.6. The minimum atomic E-state index is -1.64. The van der Waals surface area contributed by atoms with Crippen LogP contribution in [0.1, 0.15) is 24.3 Å². The Bertz CT molecular complexity index is 898. The van der Waals surface area contributed by atoms with Crippen LogP contribution in [0.25, 0.3) is 0 Å². The van der Waals surface area contributed by atoms with Gasteiger partial charge in [0.25, 0.3) is 0 Å². The van der Waals surface area contributed by atoms with Gasteiger partial charge in [0.05, 0.1) is 37.0 Å². The van der Waals surface area contributed by atoms with Crippen LogP contribution >= 0.6 is 0 Å². The number of hydrogen-bond acceptors (Lipinski definition) is 5. The summed E-state index contributed by atoms with van der Waals surface area (Å²) in [6.45, 7) is 0. The number of aromatic nitrogens is 1. The highest BCUT2D eigenvalue weighted by Gasteiger charge is 2.62. The second-order valence-corrected chi connectivity index (χ2v) is 7.50. The Morgan fingerprint density at radius 3 is 2.65 bits per heavy atom. The number of hydrogen-bond donors (Lipinski definition) is 2. The number of likely N-dealkylation sites (N-methyl/N-ethyl adjacent to an activating group) is 1. The molecule has 6 nitrogen and oxygen atoms in total. The van der Waals surface area contributed by atoms with Crippen LogP contribution in [-0.4, -0.2) is 29.8 Å². The first-order valence-electron chi connectivity index (χ1n) is 8.85. The van der Waals surface area contributed by atoms with Gasteiger partial charge in [0.15, 0.2) is 5.41 Å². The summed E-state index contributed by atoms with van der Waals surface area (Å²) in [6.07, 6.45) is 7.54. The molecule has 1 saturated carbocycles. The van der Waals surface area contributed by atoms with E-state index in [9.17, 15) is 15.8 Å². The molecule has 3 aliphatic rings. The highest BCUT2D eigenvalue weighted by Crippen LogP contribution is 2.55. The Hall–Kier alpha value is -3.01. The minimum Gasteiger partial charge on any atom is -0.329 e. The molecule has 1 aromatic rings. The predicted molar refractivity (Wildman–Crippen MR) is 92.7 cm³/mol. The number of nitriles is 3. The Morgan fingerprint density at radius 2 is 2.04 bits per heavy atom. The molecule has 0 amide bonds. The van der Waals surface area contributed by atoms with Crippen molar-refractivity contribution >= 4 is 5.71 Å². The van der Waals surface area contributed by atoms with E-state index in [-0.39, 0.29) is 17.7 Å². The van der Waals surface area contributed by atoms with Gasteiger partial charge in [-0.3, -0.25) is 4.98 Å². The van der Waals surface area contributed by atoms with E-state index in [1.54, 1.807) is 18.5 Å². The largest absolute Gasteiger partial charge is 0.329 e. The molecule has 2 N–H and O–H groups in total. The second-order valence-electron chi connectivity index (χ2n) is 7.50. The van der Waals surface area contributed by atoms with Gasteiger partial charge in [-0.25, -0.2) is 0 Å². The normalized spacial score (nSPS) is 36.8. The van der Waals surface area contributed by atoms with Crippen LogP contribution in [0.5, 0.6) is 0 Å². The third-order valence-electron chi connectivity index (χ3n) is 6.57. The maximum atomic E-state index is 10.0. The molecular formula is C20H19N6+. The van der Waals surface area contributed by atoms with E-state index in [1.807, 2.05) is 6.07 Å². The fraction of sp³-hybridized carbons (Fsp3) is 0.450. The van der Waals surface area contributed by atoms with Gasteiger partial charge >= 0.3 is 0 Å². The lowest BCUT2D eigenvalue weighted by molar-refractivity contribution is -0.916. The summed E-state index contributed by atoms with van der Waals surface area (Å²) >= 11 is 0. The van der Waals surface area contributed by atoms with Crippen LogP contribution in [0.4, 0.5) is 0 Å². The van der Waals surface area contributed by atoms with Gasteiger partial charge < -0.3 is 10.3 Å². The maximum absolute atomic E-state index is 10.0. The number of nitrogens with one attached hydrogen (secondary N) is 2. The first kappa shape index (κ1) is 16.5. The number of quaternary nitrogens is 1. The second kappa shape index (κ2) is 5.77. The number of pyridine rings is 1. The van der Waals surface area contributed by atoms with E-state index in [2.05, 4.69) is 36.3 Å². The van der Waals surface area contributed by atoms with Gasteiger partial charge in [0, 0.05) is 37.1 Å². The third kappa shape index (κ3) is 1.93. The van der Waals surface area contributed by atoms with Crippen LogP contribution in [0, 0.1) is 56.7 Å². The summed E-state index contributed by atoms with van der Waals surface area (Å²) in [7, 11) is 2.15. The average Bonchev–Trinajstić information content (AvgIpc) is 2.91. The molecule has 2 fully saturated rings. The Labute approximate surface area is 152 Å². The van der Waals surface area contributed by atoms with Gasteiger partial charge in [-0.15, -0.1) is 0 Å².